The van der Waals surface area contributed by atoms with E-state index in [0.29, 0.717) is 18.0 Å². The number of carbonyl (C=O) groups is 1. The van der Waals surface area contributed by atoms with Gasteiger partial charge in [-0.15, -0.1) is 0 Å². The van der Waals surface area contributed by atoms with Crippen LogP contribution in [0, 0.1) is 0 Å². The third-order valence-electron chi connectivity index (χ3n) is 4.03. The molecule has 1 heterocycles. The van der Waals surface area contributed by atoms with Crippen LogP contribution in [-0.2, 0) is 17.8 Å². The number of hydrogen-bond donors (Lipinski definition) is 1. The molecule has 6 heteroatoms. The van der Waals surface area contributed by atoms with Crippen LogP contribution < -0.4 is 14.8 Å². The summed E-state index contributed by atoms with van der Waals surface area (Å²) in [6, 6.07) is 15.2. The molecule has 0 atom stereocenters. The maximum Gasteiger partial charge on any atom is 0.224 e. The van der Waals surface area contributed by atoms with Crippen molar-refractivity contribution in [2.24, 2.45) is 0 Å². The summed E-state index contributed by atoms with van der Waals surface area (Å²) in [5, 5.41) is 7.13. The first-order chi connectivity index (χ1) is 12.7. The van der Waals surface area contributed by atoms with Gasteiger partial charge in [0, 0.05) is 24.5 Å². The fourth-order valence-corrected chi connectivity index (χ4v) is 2.64. The van der Waals surface area contributed by atoms with Gasteiger partial charge < -0.3 is 14.8 Å². The molecule has 2 aromatic carbocycles. The standard InChI is InChI=1S/C20H21N3O3/c1-25-18-8-9-19(26-2)16(12-18)13-20(24)21-14-15-4-6-17(7-5-15)23-11-3-10-22-23/h3-12H,13-14H2,1-2H3,(H,21,24). The van der Waals surface area contributed by atoms with Crippen molar-refractivity contribution in [2.45, 2.75) is 13.0 Å². The molecule has 26 heavy (non-hydrogen) atoms. The Kier molecular flexibility index (Phi) is 5.53. The molecule has 0 aliphatic rings. The van der Waals surface area contributed by atoms with Crippen molar-refractivity contribution in [1.29, 1.82) is 0 Å². The Balaban J connectivity index is 1.59. The molecule has 1 N–H and O–H groups in total. The van der Waals surface area contributed by atoms with E-state index in [9.17, 15) is 4.79 Å². The summed E-state index contributed by atoms with van der Waals surface area (Å²) < 4.78 is 12.3. The van der Waals surface area contributed by atoms with E-state index in [-0.39, 0.29) is 12.3 Å². The minimum Gasteiger partial charge on any atom is -0.497 e. The highest BCUT2D eigenvalue weighted by molar-refractivity contribution is 5.79. The van der Waals surface area contributed by atoms with Gasteiger partial charge in [-0.25, -0.2) is 4.68 Å². The van der Waals surface area contributed by atoms with E-state index in [1.165, 1.54) is 0 Å². The number of hydrogen-bond acceptors (Lipinski definition) is 4. The molecule has 0 spiro atoms. The lowest BCUT2D eigenvalue weighted by Crippen LogP contribution is -2.24. The third kappa shape index (κ3) is 4.22. The molecule has 0 saturated carbocycles. The molecule has 0 bridgehead atoms. The molecule has 0 saturated heterocycles. The van der Waals surface area contributed by atoms with Crippen molar-refractivity contribution < 1.29 is 14.3 Å². The number of carbonyl (C=O) groups excluding carboxylic acids is 1. The van der Waals surface area contributed by atoms with Crippen LogP contribution >= 0.6 is 0 Å². The van der Waals surface area contributed by atoms with Crippen LogP contribution in [0.3, 0.4) is 0 Å². The van der Waals surface area contributed by atoms with E-state index < -0.39 is 0 Å². The smallest absolute Gasteiger partial charge is 0.224 e. The fraction of sp³-hybridized carbons (Fsp3) is 0.200. The average Bonchev–Trinajstić information content (AvgIpc) is 3.21. The van der Waals surface area contributed by atoms with Gasteiger partial charge in [0.2, 0.25) is 5.91 Å². The monoisotopic (exact) mass is 351 g/mol. The zero-order valence-electron chi connectivity index (χ0n) is 14.8. The first-order valence-corrected chi connectivity index (χ1v) is 8.26. The minimum atomic E-state index is -0.0762. The highest BCUT2D eigenvalue weighted by Gasteiger charge is 2.10. The molecular formula is C20H21N3O3. The summed E-state index contributed by atoms with van der Waals surface area (Å²) in [6.07, 6.45) is 3.85. The Morgan fingerprint density at radius 3 is 2.58 bits per heavy atom. The van der Waals surface area contributed by atoms with Crippen LogP contribution in [0.4, 0.5) is 0 Å². The molecule has 0 radical (unpaired) electrons. The SMILES string of the molecule is COc1ccc(OC)c(CC(=O)NCc2ccc(-n3cccn3)cc2)c1. The molecule has 6 nitrogen and oxygen atoms in total. The first kappa shape index (κ1) is 17.5. The topological polar surface area (TPSA) is 65.4 Å². The molecule has 1 amide bonds. The van der Waals surface area contributed by atoms with Crippen LogP contribution in [0.1, 0.15) is 11.1 Å². The summed E-state index contributed by atoms with van der Waals surface area (Å²) in [5.41, 5.74) is 2.79. The minimum absolute atomic E-state index is 0.0762. The molecule has 1 aromatic heterocycles. The van der Waals surface area contributed by atoms with Crippen molar-refractivity contribution in [3.05, 3.63) is 72.1 Å². The molecule has 3 aromatic rings. The Morgan fingerprint density at radius 2 is 1.92 bits per heavy atom. The summed E-state index contributed by atoms with van der Waals surface area (Å²) in [5.74, 6) is 1.29. The van der Waals surface area contributed by atoms with E-state index in [4.69, 9.17) is 9.47 Å². The van der Waals surface area contributed by atoms with E-state index in [0.717, 1.165) is 16.8 Å². The van der Waals surface area contributed by atoms with Crippen molar-refractivity contribution in [3.8, 4) is 17.2 Å². The average molecular weight is 351 g/mol. The number of rotatable bonds is 7. The summed E-state index contributed by atoms with van der Waals surface area (Å²) >= 11 is 0. The van der Waals surface area contributed by atoms with Crippen molar-refractivity contribution in [1.82, 2.24) is 15.1 Å². The van der Waals surface area contributed by atoms with Crippen molar-refractivity contribution in [2.75, 3.05) is 14.2 Å². The highest BCUT2D eigenvalue weighted by atomic mass is 16.5. The van der Waals surface area contributed by atoms with Gasteiger partial charge in [0.05, 0.1) is 26.3 Å². The van der Waals surface area contributed by atoms with E-state index in [2.05, 4.69) is 10.4 Å². The van der Waals surface area contributed by atoms with Crippen LogP contribution in [0.5, 0.6) is 11.5 Å². The molecular weight excluding hydrogens is 330 g/mol. The van der Waals surface area contributed by atoms with E-state index in [1.807, 2.05) is 42.6 Å². The third-order valence-corrected chi connectivity index (χ3v) is 4.03. The van der Waals surface area contributed by atoms with Gasteiger partial charge in [-0.3, -0.25) is 4.79 Å². The number of methoxy groups -OCH3 is 2. The van der Waals surface area contributed by atoms with Gasteiger partial charge in [-0.1, -0.05) is 12.1 Å². The number of benzene rings is 2. The second kappa shape index (κ2) is 8.20. The van der Waals surface area contributed by atoms with Crippen molar-refractivity contribution in [3.63, 3.8) is 0 Å². The van der Waals surface area contributed by atoms with E-state index >= 15 is 0 Å². The zero-order chi connectivity index (χ0) is 18.4. The van der Waals surface area contributed by atoms with Gasteiger partial charge in [-0.2, -0.15) is 5.10 Å². The second-order valence-electron chi connectivity index (χ2n) is 5.75. The van der Waals surface area contributed by atoms with Gasteiger partial charge >= 0.3 is 0 Å². The first-order valence-electron chi connectivity index (χ1n) is 8.26. The van der Waals surface area contributed by atoms with Crippen molar-refractivity contribution >= 4 is 5.91 Å². The molecule has 0 aliphatic heterocycles. The molecule has 0 unspecified atom stereocenters. The van der Waals surface area contributed by atoms with Crippen LogP contribution in [0.15, 0.2) is 60.9 Å². The maximum absolute atomic E-state index is 12.3. The molecule has 134 valence electrons. The van der Waals surface area contributed by atoms with Gasteiger partial charge in [-0.05, 0) is 42.0 Å². The van der Waals surface area contributed by atoms with Crippen LogP contribution in [0.2, 0.25) is 0 Å². The van der Waals surface area contributed by atoms with Gasteiger partial charge in [0.25, 0.3) is 0 Å². The lowest BCUT2D eigenvalue weighted by Gasteiger charge is -2.11. The van der Waals surface area contributed by atoms with E-state index in [1.54, 1.807) is 37.2 Å². The molecule has 3 rings (SSSR count). The number of aromatic nitrogens is 2. The van der Waals surface area contributed by atoms with Crippen LogP contribution in [-0.4, -0.2) is 29.9 Å². The lowest BCUT2D eigenvalue weighted by molar-refractivity contribution is -0.120. The number of ether oxygens (including phenoxy) is 2. The zero-order valence-corrected chi connectivity index (χ0v) is 14.8. The predicted molar refractivity (Wildman–Crippen MR) is 98.7 cm³/mol. The molecule has 0 aliphatic carbocycles. The Morgan fingerprint density at radius 1 is 1.12 bits per heavy atom. The lowest BCUT2D eigenvalue weighted by atomic mass is 10.1. The fourth-order valence-electron chi connectivity index (χ4n) is 2.64. The Hall–Kier alpha value is -3.28. The predicted octanol–water partition coefficient (Wildman–Crippen LogP) is 2.75. The van der Waals surface area contributed by atoms with Gasteiger partial charge in [0.1, 0.15) is 11.5 Å². The summed E-state index contributed by atoms with van der Waals surface area (Å²) in [4.78, 5) is 12.3. The normalized spacial score (nSPS) is 10.4. The number of nitrogens with zero attached hydrogens (tertiary/aromatic N) is 2. The number of nitrogens with one attached hydrogen (secondary N) is 1. The number of amides is 1. The highest BCUT2D eigenvalue weighted by Crippen LogP contribution is 2.24. The quantitative estimate of drug-likeness (QED) is 0.711. The summed E-state index contributed by atoms with van der Waals surface area (Å²) in [7, 11) is 3.18. The second-order valence-corrected chi connectivity index (χ2v) is 5.75. The largest absolute Gasteiger partial charge is 0.497 e. The molecule has 0 fully saturated rings. The Labute approximate surface area is 152 Å². The maximum atomic E-state index is 12.3. The Bertz CT molecular complexity index is 859. The summed E-state index contributed by atoms with van der Waals surface area (Å²) in [6.45, 7) is 0.463. The van der Waals surface area contributed by atoms with Gasteiger partial charge in [0.15, 0.2) is 0 Å². The van der Waals surface area contributed by atoms with Crippen LogP contribution in [0.25, 0.3) is 5.69 Å².